The normalized spacial score (nSPS) is 10.8. The molecule has 0 aliphatic carbocycles. The van der Waals surface area contributed by atoms with Crippen LogP contribution >= 0.6 is 22.7 Å². The van der Waals surface area contributed by atoms with E-state index in [1.807, 2.05) is 36.6 Å². The molecule has 0 unspecified atom stereocenters. The van der Waals surface area contributed by atoms with Crippen LogP contribution < -0.4 is 11.1 Å². The van der Waals surface area contributed by atoms with Crippen LogP contribution in [0.15, 0.2) is 29.6 Å². The Hall–Kier alpha value is -1.92. The van der Waals surface area contributed by atoms with Gasteiger partial charge in [-0.15, -0.1) is 22.7 Å². The summed E-state index contributed by atoms with van der Waals surface area (Å²) in [5.41, 5.74) is 7.58. The van der Waals surface area contributed by atoms with Crippen molar-refractivity contribution in [3.05, 3.63) is 45.2 Å². The molecule has 102 valence electrons. The highest BCUT2D eigenvalue weighted by molar-refractivity contribution is 7.21. The van der Waals surface area contributed by atoms with Crippen molar-refractivity contribution in [1.29, 1.82) is 0 Å². The maximum atomic E-state index is 12.2. The number of thiazole rings is 1. The number of nitrogens with two attached hydrogens (primary N) is 1. The highest BCUT2D eigenvalue weighted by atomic mass is 32.1. The molecule has 2 heterocycles. The van der Waals surface area contributed by atoms with Gasteiger partial charge >= 0.3 is 0 Å². The average Bonchev–Trinajstić information content (AvgIpc) is 3.01. The molecule has 0 fully saturated rings. The van der Waals surface area contributed by atoms with E-state index < -0.39 is 0 Å². The van der Waals surface area contributed by atoms with Crippen molar-refractivity contribution in [2.45, 2.75) is 13.5 Å². The van der Waals surface area contributed by atoms with Gasteiger partial charge in [0.2, 0.25) is 0 Å². The molecule has 3 N–H and O–H groups in total. The van der Waals surface area contributed by atoms with E-state index in [4.69, 9.17) is 5.73 Å². The second kappa shape index (κ2) is 5.22. The van der Waals surface area contributed by atoms with Crippen LogP contribution in [0.3, 0.4) is 0 Å². The number of fused-ring (bicyclic) bond motifs is 1. The third-order valence-corrected chi connectivity index (χ3v) is 5.06. The molecule has 0 aliphatic heterocycles. The molecule has 6 heteroatoms. The van der Waals surface area contributed by atoms with E-state index in [0.29, 0.717) is 17.1 Å². The molecule has 1 amide bonds. The largest absolute Gasteiger partial charge is 0.397 e. The van der Waals surface area contributed by atoms with Crippen LogP contribution in [0.5, 0.6) is 0 Å². The van der Waals surface area contributed by atoms with Crippen molar-refractivity contribution in [2.75, 3.05) is 5.73 Å². The van der Waals surface area contributed by atoms with Gasteiger partial charge in [0, 0.05) is 21.2 Å². The Balaban J connectivity index is 1.80. The quantitative estimate of drug-likeness (QED) is 0.781. The fourth-order valence-corrected chi connectivity index (χ4v) is 3.70. The molecular weight excluding hydrogens is 290 g/mol. The first kappa shape index (κ1) is 13.1. The molecule has 3 aromatic rings. The molecule has 0 atom stereocenters. The molecular formula is C14H13N3OS2. The zero-order valence-corrected chi connectivity index (χ0v) is 12.5. The molecule has 4 nitrogen and oxygen atoms in total. The number of carbonyl (C=O) groups is 1. The van der Waals surface area contributed by atoms with Gasteiger partial charge in [0.25, 0.3) is 5.91 Å². The number of nitrogens with zero attached hydrogens (tertiary/aromatic N) is 1. The monoisotopic (exact) mass is 303 g/mol. The first-order chi connectivity index (χ1) is 9.65. The fourth-order valence-electron chi connectivity index (χ4n) is 1.95. The highest BCUT2D eigenvalue weighted by Crippen LogP contribution is 2.33. The number of carbonyl (C=O) groups excluding carboxylic acids is 1. The van der Waals surface area contributed by atoms with Crippen LogP contribution in [0.25, 0.3) is 10.1 Å². The smallest absolute Gasteiger partial charge is 0.263 e. The summed E-state index contributed by atoms with van der Waals surface area (Å²) in [5.74, 6) is -0.142. The molecule has 0 radical (unpaired) electrons. The third-order valence-electron chi connectivity index (χ3n) is 2.91. The summed E-state index contributed by atoms with van der Waals surface area (Å²) < 4.78 is 1.03. The van der Waals surface area contributed by atoms with Gasteiger partial charge in [-0.2, -0.15) is 0 Å². The Kier molecular flexibility index (Phi) is 3.42. The summed E-state index contributed by atoms with van der Waals surface area (Å²) in [7, 11) is 0. The Bertz CT molecular complexity index is 776. The number of amides is 1. The number of nitrogens with one attached hydrogen (secondary N) is 1. The van der Waals surface area contributed by atoms with Crippen molar-refractivity contribution in [3.8, 4) is 0 Å². The number of nitrogen functional groups attached to an aromatic ring is 1. The lowest BCUT2D eigenvalue weighted by atomic mass is 10.2. The molecule has 3 rings (SSSR count). The summed E-state index contributed by atoms with van der Waals surface area (Å²) in [5, 5.41) is 6.67. The van der Waals surface area contributed by atoms with Crippen LogP contribution in [0.4, 0.5) is 5.69 Å². The van der Waals surface area contributed by atoms with Gasteiger partial charge in [0.15, 0.2) is 0 Å². The first-order valence-electron chi connectivity index (χ1n) is 6.11. The van der Waals surface area contributed by atoms with Crippen LogP contribution in [0, 0.1) is 6.92 Å². The topological polar surface area (TPSA) is 68.0 Å². The number of aryl methyl sites for hydroxylation is 1. The van der Waals surface area contributed by atoms with E-state index in [2.05, 4.69) is 10.3 Å². The van der Waals surface area contributed by atoms with Gasteiger partial charge in [0.05, 0.1) is 12.2 Å². The van der Waals surface area contributed by atoms with E-state index in [1.165, 1.54) is 11.3 Å². The molecule has 20 heavy (non-hydrogen) atoms. The minimum absolute atomic E-state index is 0.142. The Labute approximate surface area is 124 Å². The van der Waals surface area contributed by atoms with Gasteiger partial charge in [-0.3, -0.25) is 4.79 Å². The van der Waals surface area contributed by atoms with E-state index in [-0.39, 0.29) is 5.91 Å². The van der Waals surface area contributed by atoms with Gasteiger partial charge in [0.1, 0.15) is 9.88 Å². The zero-order chi connectivity index (χ0) is 14.1. The van der Waals surface area contributed by atoms with E-state index >= 15 is 0 Å². The van der Waals surface area contributed by atoms with Gasteiger partial charge in [-0.1, -0.05) is 18.2 Å². The minimum atomic E-state index is -0.142. The highest BCUT2D eigenvalue weighted by Gasteiger charge is 2.16. The molecule has 2 aromatic heterocycles. The number of anilines is 1. The number of hydrogen-bond donors (Lipinski definition) is 2. The lowest BCUT2D eigenvalue weighted by Crippen LogP contribution is -2.22. The first-order valence-corrected chi connectivity index (χ1v) is 7.81. The molecule has 0 aliphatic rings. The molecule has 0 bridgehead atoms. The average molecular weight is 303 g/mol. The van der Waals surface area contributed by atoms with E-state index in [9.17, 15) is 4.79 Å². The van der Waals surface area contributed by atoms with Gasteiger partial charge in [-0.05, 0) is 13.0 Å². The van der Waals surface area contributed by atoms with Crippen molar-refractivity contribution in [2.24, 2.45) is 0 Å². The van der Waals surface area contributed by atoms with Crippen LogP contribution in [0.1, 0.15) is 20.4 Å². The molecule has 0 spiro atoms. The van der Waals surface area contributed by atoms with Gasteiger partial charge < -0.3 is 11.1 Å². The number of thiophene rings is 1. The second-order valence-corrected chi connectivity index (χ2v) is 6.40. The Morgan fingerprint density at radius 1 is 1.40 bits per heavy atom. The molecule has 0 saturated heterocycles. The standard InChI is InChI=1S/C14H13N3OS2/c1-8-7-19-11(17-8)6-16-14(18)13-12(15)9-4-2-3-5-10(9)20-13/h2-5,7H,6,15H2,1H3,(H,16,18). The number of hydrogen-bond acceptors (Lipinski definition) is 5. The van der Waals surface area contributed by atoms with E-state index in [0.717, 1.165) is 20.8 Å². The Morgan fingerprint density at radius 2 is 2.20 bits per heavy atom. The summed E-state index contributed by atoms with van der Waals surface area (Å²) in [4.78, 5) is 17.1. The third kappa shape index (κ3) is 2.39. The van der Waals surface area contributed by atoms with Crippen molar-refractivity contribution < 1.29 is 4.79 Å². The molecule has 1 aromatic carbocycles. The summed E-state index contributed by atoms with van der Waals surface area (Å²) >= 11 is 2.96. The number of benzene rings is 1. The van der Waals surface area contributed by atoms with Crippen LogP contribution in [0.2, 0.25) is 0 Å². The second-order valence-electron chi connectivity index (χ2n) is 4.41. The van der Waals surface area contributed by atoms with Crippen molar-refractivity contribution in [3.63, 3.8) is 0 Å². The predicted octanol–water partition coefficient (Wildman–Crippen LogP) is 3.18. The number of aromatic nitrogens is 1. The zero-order valence-electron chi connectivity index (χ0n) is 10.8. The SMILES string of the molecule is Cc1csc(CNC(=O)c2sc3ccccc3c2N)n1. The van der Waals surface area contributed by atoms with E-state index in [1.54, 1.807) is 11.3 Å². The van der Waals surface area contributed by atoms with Crippen LogP contribution in [-0.4, -0.2) is 10.9 Å². The van der Waals surface area contributed by atoms with Crippen molar-refractivity contribution >= 4 is 44.4 Å². The molecule has 0 saturated carbocycles. The lowest BCUT2D eigenvalue weighted by molar-refractivity contribution is 0.0956. The maximum absolute atomic E-state index is 12.2. The summed E-state index contributed by atoms with van der Waals surface area (Å²) in [6.07, 6.45) is 0. The van der Waals surface area contributed by atoms with Crippen molar-refractivity contribution in [1.82, 2.24) is 10.3 Å². The van der Waals surface area contributed by atoms with Crippen LogP contribution in [-0.2, 0) is 6.54 Å². The summed E-state index contributed by atoms with van der Waals surface area (Å²) in [6.45, 7) is 2.37. The fraction of sp³-hybridized carbons (Fsp3) is 0.143. The lowest BCUT2D eigenvalue weighted by Gasteiger charge is -2.01. The Morgan fingerprint density at radius 3 is 2.90 bits per heavy atom. The maximum Gasteiger partial charge on any atom is 0.263 e. The predicted molar refractivity (Wildman–Crippen MR) is 84.3 cm³/mol. The minimum Gasteiger partial charge on any atom is -0.397 e. The summed E-state index contributed by atoms with van der Waals surface area (Å²) in [6, 6.07) is 7.77. The number of rotatable bonds is 3. The van der Waals surface area contributed by atoms with Gasteiger partial charge in [-0.25, -0.2) is 4.98 Å².